The number of hydrogen-bond donors (Lipinski definition) is 5. The first-order valence-electron chi connectivity index (χ1n) is 7.62. The minimum Gasteiger partial charge on any atom is -0.396 e. The van der Waals surface area contributed by atoms with Crippen LogP contribution in [0.3, 0.4) is 0 Å². The molecule has 1 atom stereocenters. The number of nitrogen functional groups attached to an aromatic ring is 1. The lowest BCUT2D eigenvalue weighted by molar-refractivity contribution is -0.670. The van der Waals surface area contributed by atoms with Crippen LogP contribution in [0.15, 0.2) is 11.1 Å². The van der Waals surface area contributed by atoms with Gasteiger partial charge in [-0.3, -0.25) is 14.3 Å². The van der Waals surface area contributed by atoms with Crippen LogP contribution in [0.2, 0.25) is 0 Å². The first-order chi connectivity index (χ1) is 11.6. The smallest absolute Gasteiger partial charge is 0.280 e. The van der Waals surface area contributed by atoms with Crippen molar-refractivity contribution in [1.82, 2.24) is 19.5 Å². The molecule has 0 radical (unpaired) electrons. The van der Waals surface area contributed by atoms with E-state index in [2.05, 4.69) is 20.3 Å². The van der Waals surface area contributed by atoms with Crippen LogP contribution in [0.5, 0.6) is 0 Å². The monoisotopic (exact) mass is 343 g/mol. The maximum Gasteiger partial charge on any atom is 0.280 e. The third kappa shape index (κ3) is 5.25. The fraction of sp³-hybridized carbons (Fsp3) is 0.615. The van der Waals surface area contributed by atoms with Crippen LogP contribution in [0.4, 0.5) is 5.95 Å². The van der Waals surface area contributed by atoms with E-state index in [4.69, 9.17) is 20.3 Å². The molecule has 1 fully saturated rings. The van der Waals surface area contributed by atoms with Crippen molar-refractivity contribution in [3.63, 3.8) is 0 Å². The SMILES string of the molecule is C1COCC[NH2+]1.Nc1nc2c(ncn2COC(O)CCO)c(=O)[nH]1. The molecule has 0 saturated carbocycles. The van der Waals surface area contributed by atoms with Gasteiger partial charge >= 0.3 is 0 Å². The van der Waals surface area contributed by atoms with E-state index in [9.17, 15) is 9.90 Å². The van der Waals surface area contributed by atoms with Gasteiger partial charge in [-0.05, 0) is 0 Å². The highest BCUT2D eigenvalue weighted by Crippen LogP contribution is 2.07. The molecule has 2 aromatic rings. The van der Waals surface area contributed by atoms with E-state index in [0.717, 1.165) is 26.3 Å². The summed E-state index contributed by atoms with van der Waals surface area (Å²) in [5.74, 6) is -0.0230. The van der Waals surface area contributed by atoms with E-state index >= 15 is 0 Å². The molecule has 0 amide bonds. The molecule has 0 spiro atoms. The lowest BCUT2D eigenvalue weighted by Gasteiger charge is -2.11. The molecule has 1 aliphatic rings. The van der Waals surface area contributed by atoms with E-state index in [1.165, 1.54) is 10.9 Å². The number of ether oxygens (including phenoxy) is 2. The van der Waals surface area contributed by atoms with Gasteiger partial charge in [-0.2, -0.15) is 4.98 Å². The fourth-order valence-corrected chi connectivity index (χ4v) is 2.01. The van der Waals surface area contributed by atoms with Crippen LogP contribution in [0.1, 0.15) is 6.42 Å². The number of quaternary nitrogens is 1. The molecule has 1 saturated heterocycles. The summed E-state index contributed by atoms with van der Waals surface area (Å²) < 4.78 is 11.5. The Balaban J connectivity index is 0.000000292. The number of hydrogen-bond acceptors (Lipinski definition) is 8. The van der Waals surface area contributed by atoms with E-state index in [1.54, 1.807) is 0 Å². The lowest BCUT2D eigenvalue weighted by Crippen LogP contribution is -2.87. The second kappa shape index (κ2) is 9.30. The summed E-state index contributed by atoms with van der Waals surface area (Å²) in [5, 5.41) is 20.2. The Kier molecular flexibility index (Phi) is 7.08. The Bertz CT molecular complexity index is 672. The maximum absolute atomic E-state index is 11.5. The Morgan fingerprint density at radius 1 is 1.50 bits per heavy atom. The number of aliphatic hydroxyl groups is 2. The number of aromatic amines is 1. The largest absolute Gasteiger partial charge is 0.396 e. The van der Waals surface area contributed by atoms with Crippen LogP contribution >= 0.6 is 0 Å². The Morgan fingerprint density at radius 3 is 2.83 bits per heavy atom. The molecule has 0 aromatic carbocycles. The summed E-state index contributed by atoms with van der Waals surface area (Å²) in [6.45, 7) is 3.96. The number of rotatable bonds is 5. The average Bonchev–Trinajstić information content (AvgIpc) is 2.99. The Labute approximate surface area is 137 Å². The van der Waals surface area contributed by atoms with Crippen molar-refractivity contribution in [3.8, 4) is 0 Å². The zero-order valence-electron chi connectivity index (χ0n) is 13.2. The highest BCUT2D eigenvalue weighted by molar-refractivity contribution is 5.70. The van der Waals surface area contributed by atoms with Gasteiger partial charge in [-0.1, -0.05) is 0 Å². The van der Waals surface area contributed by atoms with Crippen LogP contribution < -0.4 is 16.6 Å². The summed E-state index contributed by atoms with van der Waals surface area (Å²) in [6, 6.07) is 0. The van der Waals surface area contributed by atoms with Gasteiger partial charge in [0.25, 0.3) is 5.56 Å². The van der Waals surface area contributed by atoms with Gasteiger partial charge in [-0.25, -0.2) is 4.98 Å². The van der Waals surface area contributed by atoms with Crippen molar-refractivity contribution in [2.45, 2.75) is 19.4 Å². The standard InChI is InChI=1S/C9H13N5O4.C4H9NO/c10-9-12-7-6(8(17)13-9)11-3-14(7)4-18-5(16)1-2-15;1-3-6-4-2-5-1/h3,5,15-16H,1-2,4H2,(H3,10,12,13,17);5H,1-4H2/p+1. The van der Waals surface area contributed by atoms with Gasteiger partial charge < -0.3 is 30.7 Å². The van der Waals surface area contributed by atoms with Gasteiger partial charge in [0.15, 0.2) is 17.5 Å². The predicted octanol–water partition coefficient (Wildman–Crippen LogP) is -3.04. The van der Waals surface area contributed by atoms with E-state index < -0.39 is 11.8 Å². The molecular weight excluding hydrogens is 320 g/mol. The fourth-order valence-electron chi connectivity index (χ4n) is 2.01. The van der Waals surface area contributed by atoms with Crippen LogP contribution in [0.25, 0.3) is 11.2 Å². The summed E-state index contributed by atoms with van der Waals surface area (Å²) in [5.41, 5.74) is 5.40. The third-order valence-corrected chi connectivity index (χ3v) is 3.21. The molecule has 7 N–H and O–H groups in total. The number of anilines is 1. The van der Waals surface area contributed by atoms with Crippen molar-refractivity contribution in [1.29, 1.82) is 0 Å². The zero-order valence-corrected chi connectivity index (χ0v) is 13.2. The molecule has 0 bridgehead atoms. The number of fused-ring (bicyclic) bond motifs is 1. The Morgan fingerprint density at radius 2 is 2.25 bits per heavy atom. The first-order valence-corrected chi connectivity index (χ1v) is 7.62. The third-order valence-electron chi connectivity index (χ3n) is 3.21. The summed E-state index contributed by atoms with van der Waals surface area (Å²) in [7, 11) is 0. The number of nitrogens with one attached hydrogen (secondary N) is 1. The van der Waals surface area contributed by atoms with Crippen LogP contribution in [-0.4, -0.2) is 68.9 Å². The van der Waals surface area contributed by atoms with Crippen molar-refractivity contribution in [2.24, 2.45) is 0 Å². The molecule has 1 aliphatic heterocycles. The van der Waals surface area contributed by atoms with Gasteiger partial charge in [0, 0.05) is 13.0 Å². The lowest BCUT2D eigenvalue weighted by atomic mass is 10.4. The van der Waals surface area contributed by atoms with E-state index in [-0.39, 0.29) is 36.9 Å². The molecule has 11 heteroatoms. The van der Waals surface area contributed by atoms with Gasteiger partial charge in [0.2, 0.25) is 5.95 Å². The second-order valence-electron chi connectivity index (χ2n) is 5.08. The van der Waals surface area contributed by atoms with Crippen LogP contribution in [-0.2, 0) is 16.2 Å². The number of aliphatic hydroxyl groups excluding tert-OH is 2. The molecule has 3 heterocycles. The van der Waals surface area contributed by atoms with E-state index in [0.29, 0.717) is 0 Å². The van der Waals surface area contributed by atoms with Crippen molar-refractivity contribution in [3.05, 3.63) is 16.7 Å². The Hall–Kier alpha value is -2.05. The molecule has 2 aromatic heterocycles. The molecule has 1 unspecified atom stereocenters. The number of H-pyrrole nitrogens is 1. The molecule has 0 aliphatic carbocycles. The van der Waals surface area contributed by atoms with Crippen LogP contribution in [0, 0.1) is 0 Å². The van der Waals surface area contributed by atoms with Gasteiger partial charge in [0.1, 0.15) is 6.73 Å². The second-order valence-corrected chi connectivity index (χ2v) is 5.08. The predicted molar refractivity (Wildman–Crippen MR) is 83.8 cm³/mol. The van der Waals surface area contributed by atoms with E-state index in [1.807, 2.05) is 0 Å². The zero-order chi connectivity index (χ0) is 17.4. The van der Waals surface area contributed by atoms with Crippen molar-refractivity contribution in [2.75, 3.05) is 38.6 Å². The quantitative estimate of drug-likeness (QED) is 0.357. The molecule has 3 rings (SSSR count). The van der Waals surface area contributed by atoms with Gasteiger partial charge in [-0.15, -0.1) is 0 Å². The number of nitrogens with two attached hydrogens (primary N) is 2. The first kappa shape index (κ1) is 18.3. The summed E-state index contributed by atoms with van der Waals surface area (Å²) in [6.07, 6.45) is 0.368. The summed E-state index contributed by atoms with van der Waals surface area (Å²) >= 11 is 0. The molecular formula is C13H23N6O5+. The highest BCUT2D eigenvalue weighted by atomic mass is 16.6. The number of imidazole rings is 1. The normalized spacial score (nSPS) is 15.8. The van der Waals surface area contributed by atoms with Crippen molar-refractivity contribution < 1.29 is 25.0 Å². The molecule has 24 heavy (non-hydrogen) atoms. The highest BCUT2D eigenvalue weighted by Gasteiger charge is 2.10. The summed E-state index contributed by atoms with van der Waals surface area (Å²) in [4.78, 5) is 21.6. The average molecular weight is 343 g/mol. The van der Waals surface area contributed by atoms with Gasteiger partial charge in [0.05, 0.1) is 32.6 Å². The topological polar surface area (TPSA) is 165 Å². The number of aromatic nitrogens is 4. The maximum atomic E-state index is 11.5. The van der Waals surface area contributed by atoms with Crippen molar-refractivity contribution >= 4 is 17.1 Å². The minimum atomic E-state index is -1.09. The minimum absolute atomic E-state index is 0.0230. The molecule has 11 nitrogen and oxygen atoms in total. The number of morpholine rings is 1. The molecule has 134 valence electrons. The number of nitrogens with zero attached hydrogens (tertiary/aromatic N) is 3.